The standard InChI is InChI=1S/C8H6O7S.2H3P/c9-7(10)4-2-1-3-5(8(11)12)6(4)16(13,14)15;;/h1-3H,(H,9,10)(H,11,12)(H,13,14,15);2*1H3. The predicted molar refractivity (Wildman–Crippen MR) is 72.4 cm³/mol. The zero-order chi connectivity index (χ0) is 12.5. The highest BCUT2D eigenvalue weighted by molar-refractivity contribution is 7.86. The van der Waals surface area contributed by atoms with Crippen LogP contribution < -0.4 is 0 Å². The first-order valence-corrected chi connectivity index (χ1v) is 5.26. The van der Waals surface area contributed by atoms with Crippen molar-refractivity contribution in [1.29, 1.82) is 0 Å². The van der Waals surface area contributed by atoms with Crippen molar-refractivity contribution in [1.82, 2.24) is 0 Å². The van der Waals surface area contributed by atoms with Gasteiger partial charge in [0.2, 0.25) is 0 Å². The molecule has 0 aliphatic heterocycles. The van der Waals surface area contributed by atoms with Gasteiger partial charge in [-0.3, -0.25) is 4.55 Å². The molecule has 0 saturated heterocycles. The third kappa shape index (κ3) is 3.99. The molecule has 18 heavy (non-hydrogen) atoms. The van der Waals surface area contributed by atoms with Crippen LogP contribution in [0.15, 0.2) is 23.1 Å². The summed E-state index contributed by atoms with van der Waals surface area (Å²) >= 11 is 0. The summed E-state index contributed by atoms with van der Waals surface area (Å²) in [7, 11) is -4.92. The van der Waals surface area contributed by atoms with Crippen LogP contribution in [0.5, 0.6) is 0 Å². The van der Waals surface area contributed by atoms with E-state index in [1.165, 1.54) is 0 Å². The number of carbonyl (C=O) groups is 2. The van der Waals surface area contributed by atoms with Gasteiger partial charge in [-0.05, 0) is 12.1 Å². The summed E-state index contributed by atoms with van der Waals surface area (Å²) in [5.41, 5.74) is -1.58. The lowest BCUT2D eigenvalue weighted by Gasteiger charge is -2.05. The Kier molecular flexibility index (Phi) is 7.23. The molecule has 0 amide bonds. The fourth-order valence-corrected chi connectivity index (χ4v) is 2.02. The summed E-state index contributed by atoms with van der Waals surface area (Å²) in [5.74, 6) is -3.29. The molecule has 3 N–H and O–H groups in total. The normalized spacial score (nSPS) is 9.83. The van der Waals surface area contributed by atoms with E-state index in [1.54, 1.807) is 0 Å². The Morgan fingerprint density at radius 3 is 1.50 bits per heavy atom. The van der Waals surface area contributed by atoms with Crippen LogP contribution in [-0.2, 0) is 10.1 Å². The summed E-state index contributed by atoms with van der Waals surface area (Å²) < 4.78 is 30.6. The second-order valence-electron chi connectivity index (χ2n) is 2.77. The van der Waals surface area contributed by atoms with Crippen LogP contribution in [0.4, 0.5) is 0 Å². The molecule has 1 rings (SSSR count). The van der Waals surface area contributed by atoms with Crippen LogP contribution in [0.1, 0.15) is 20.7 Å². The summed E-state index contributed by atoms with van der Waals surface area (Å²) in [6.07, 6.45) is 0. The molecule has 0 saturated carbocycles. The first-order valence-electron chi connectivity index (χ1n) is 3.82. The van der Waals surface area contributed by atoms with E-state index in [1.807, 2.05) is 0 Å². The van der Waals surface area contributed by atoms with Gasteiger partial charge in [-0.1, -0.05) is 6.07 Å². The van der Waals surface area contributed by atoms with Crippen molar-refractivity contribution in [3.8, 4) is 0 Å². The number of carboxylic acids is 2. The molecule has 7 nitrogen and oxygen atoms in total. The average Bonchev–Trinajstić information content (AvgIpc) is 2.15. The summed E-state index contributed by atoms with van der Waals surface area (Å²) in [6, 6.07) is 2.84. The van der Waals surface area contributed by atoms with Crippen LogP contribution in [0.25, 0.3) is 0 Å². The van der Waals surface area contributed by atoms with E-state index >= 15 is 0 Å². The number of hydrogen-bond donors (Lipinski definition) is 3. The van der Waals surface area contributed by atoms with Crippen LogP contribution in [0.2, 0.25) is 0 Å². The van der Waals surface area contributed by atoms with Crippen LogP contribution in [0.3, 0.4) is 0 Å². The molecular weight excluding hydrogens is 302 g/mol. The van der Waals surface area contributed by atoms with Gasteiger partial charge >= 0.3 is 11.9 Å². The zero-order valence-electron chi connectivity index (χ0n) is 9.03. The summed E-state index contributed by atoms with van der Waals surface area (Å²) in [6.45, 7) is 0. The van der Waals surface area contributed by atoms with Crippen molar-refractivity contribution in [2.24, 2.45) is 0 Å². The SMILES string of the molecule is O=C(O)c1cccc(C(=O)O)c1S(=O)(=O)O.P.P. The Morgan fingerprint density at radius 1 is 0.944 bits per heavy atom. The third-order valence-corrected chi connectivity index (χ3v) is 2.69. The van der Waals surface area contributed by atoms with E-state index in [4.69, 9.17) is 14.8 Å². The van der Waals surface area contributed by atoms with Gasteiger partial charge in [-0.25, -0.2) is 9.59 Å². The minimum absolute atomic E-state index is 0. The number of carboxylic acid groups (broad SMARTS) is 2. The van der Waals surface area contributed by atoms with Gasteiger partial charge in [0.05, 0.1) is 11.1 Å². The van der Waals surface area contributed by atoms with Crippen molar-refractivity contribution in [3.05, 3.63) is 29.3 Å². The van der Waals surface area contributed by atoms with Crippen molar-refractivity contribution < 1.29 is 32.8 Å². The molecule has 10 heteroatoms. The maximum atomic E-state index is 10.9. The molecule has 2 unspecified atom stereocenters. The van der Waals surface area contributed by atoms with Crippen molar-refractivity contribution in [2.45, 2.75) is 4.90 Å². The Hall–Kier alpha value is -1.07. The monoisotopic (exact) mass is 314 g/mol. The Balaban J connectivity index is 0. The largest absolute Gasteiger partial charge is 0.478 e. The smallest absolute Gasteiger partial charge is 0.337 e. The van der Waals surface area contributed by atoms with Gasteiger partial charge in [0.1, 0.15) is 4.90 Å². The second kappa shape index (κ2) is 6.75. The molecule has 0 heterocycles. The van der Waals surface area contributed by atoms with Crippen LogP contribution in [0, 0.1) is 0 Å². The highest BCUT2D eigenvalue weighted by Gasteiger charge is 2.26. The van der Waals surface area contributed by atoms with E-state index in [0.717, 1.165) is 18.2 Å². The third-order valence-electron chi connectivity index (χ3n) is 1.73. The average molecular weight is 314 g/mol. The van der Waals surface area contributed by atoms with E-state index in [9.17, 15) is 18.0 Å². The predicted octanol–water partition coefficient (Wildman–Crippen LogP) is 0.446. The van der Waals surface area contributed by atoms with Gasteiger partial charge < -0.3 is 10.2 Å². The molecule has 1 aromatic rings. The lowest BCUT2D eigenvalue weighted by Crippen LogP contribution is -2.14. The molecule has 0 aliphatic rings. The second-order valence-corrected chi connectivity index (χ2v) is 4.13. The molecule has 0 radical (unpaired) electrons. The quantitative estimate of drug-likeness (QED) is 0.545. The van der Waals surface area contributed by atoms with Crippen molar-refractivity contribution >= 4 is 41.9 Å². The Labute approximate surface area is 109 Å². The zero-order valence-corrected chi connectivity index (χ0v) is 12.7. The first-order chi connectivity index (χ1) is 7.25. The maximum absolute atomic E-state index is 10.9. The molecule has 2 atom stereocenters. The number of rotatable bonds is 3. The molecule has 102 valence electrons. The Morgan fingerprint density at radius 2 is 1.28 bits per heavy atom. The minimum atomic E-state index is -4.92. The van der Waals surface area contributed by atoms with E-state index < -0.39 is 38.1 Å². The lowest BCUT2D eigenvalue weighted by atomic mass is 10.1. The highest BCUT2D eigenvalue weighted by Crippen LogP contribution is 2.20. The first kappa shape index (κ1) is 19.3. The molecule has 0 aromatic heterocycles. The van der Waals surface area contributed by atoms with Gasteiger partial charge in [0, 0.05) is 0 Å². The Bertz CT molecular complexity index is 535. The fourth-order valence-electron chi connectivity index (χ4n) is 1.15. The van der Waals surface area contributed by atoms with Crippen LogP contribution >= 0.6 is 19.8 Å². The van der Waals surface area contributed by atoms with Crippen molar-refractivity contribution in [3.63, 3.8) is 0 Å². The lowest BCUT2D eigenvalue weighted by molar-refractivity contribution is 0.0688. The number of aromatic carboxylic acids is 2. The molecule has 1 aromatic carbocycles. The fraction of sp³-hybridized carbons (Fsp3) is 0. The van der Waals surface area contributed by atoms with E-state index in [0.29, 0.717) is 0 Å². The summed E-state index contributed by atoms with van der Waals surface area (Å²) in [4.78, 5) is 20.2. The molecular formula is C8H12O7P2S. The van der Waals surface area contributed by atoms with Gasteiger partial charge in [0.25, 0.3) is 10.1 Å². The highest BCUT2D eigenvalue weighted by atomic mass is 32.2. The minimum Gasteiger partial charge on any atom is -0.478 e. The number of benzene rings is 1. The topological polar surface area (TPSA) is 129 Å². The van der Waals surface area contributed by atoms with E-state index in [2.05, 4.69) is 0 Å². The molecule has 0 aliphatic carbocycles. The molecule has 0 bridgehead atoms. The summed E-state index contributed by atoms with van der Waals surface area (Å²) in [5, 5.41) is 17.3. The van der Waals surface area contributed by atoms with Gasteiger partial charge in [0.15, 0.2) is 0 Å². The van der Waals surface area contributed by atoms with Gasteiger partial charge in [-0.15, -0.1) is 0 Å². The van der Waals surface area contributed by atoms with Gasteiger partial charge in [-0.2, -0.15) is 28.2 Å². The number of hydrogen-bond acceptors (Lipinski definition) is 4. The molecule has 0 spiro atoms. The maximum Gasteiger partial charge on any atom is 0.337 e. The van der Waals surface area contributed by atoms with Crippen molar-refractivity contribution in [2.75, 3.05) is 0 Å². The van der Waals surface area contributed by atoms with E-state index in [-0.39, 0.29) is 19.8 Å². The van der Waals surface area contributed by atoms with Crippen LogP contribution in [-0.4, -0.2) is 35.1 Å². The molecule has 0 fully saturated rings.